The lowest BCUT2D eigenvalue weighted by Crippen LogP contribution is -2.07. The minimum Gasteiger partial charge on any atom is -0.383 e. The summed E-state index contributed by atoms with van der Waals surface area (Å²) in [5.74, 6) is 1.24. The molecule has 0 saturated heterocycles. The van der Waals surface area contributed by atoms with Crippen LogP contribution in [0.4, 0.5) is 11.8 Å². The first-order valence-corrected chi connectivity index (χ1v) is 8.15. The van der Waals surface area contributed by atoms with Crippen LogP contribution < -0.4 is 11.1 Å². The standard InChI is InChI=1S/C18H22N6/c1-5-21-17-22-8-11(9-23-17)14-10(2)15(13-6-18(13,3)4)24-16(20)12(14)7-19/h8-9,13H,5-6H2,1-4H3,(H2,20,24)(H,21,22,23)/t13-/m0/s1. The molecule has 3 N–H and O–H groups in total. The molecular weight excluding hydrogens is 300 g/mol. The van der Waals surface area contributed by atoms with Gasteiger partial charge in [0.1, 0.15) is 17.5 Å². The van der Waals surface area contributed by atoms with E-state index in [2.05, 4.69) is 40.2 Å². The molecule has 1 saturated carbocycles. The van der Waals surface area contributed by atoms with Gasteiger partial charge in [0.15, 0.2) is 0 Å². The Morgan fingerprint density at radius 3 is 2.50 bits per heavy atom. The summed E-state index contributed by atoms with van der Waals surface area (Å²) >= 11 is 0. The molecule has 1 fully saturated rings. The average molecular weight is 322 g/mol. The van der Waals surface area contributed by atoms with Crippen LogP contribution in [0.3, 0.4) is 0 Å². The Labute approximate surface area is 142 Å². The van der Waals surface area contributed by atoms with Crippen LogP contribution in [-0.4, -0.2) is 21.5 Å². The number of rotatable bonds is 4. The summed E-state index contributed by atoms with van der Waals surface area (Å²) in [5.41, 5.74) is 10.3. The Kier molecular flexibility index (Phi) is 3.88. The highest BCUT2D eigenvalue weighted by Crippen LogP contribution is 2.59. The van der Waals surface area contributed by atoms with Gasteiger partial charge >= 0.3 is 0 Å². The number of nitrogen functional groups attached to an aromatic ring is 1. The summed E-state index contributed by atoms with van der Waals surface area (Å²) in [5, 5.41) is 12.6. The maximum atomic E-state index is 9.55. The molecule has 1 aliphatic carbocycles. The van der Waals surface area contributed by atoms with Crippen molar-refractivity contribution in [1.29, 1.82) is 5.26 Å². The van der Waals surface area contributed by atoms with Crippen molar-refractivity contribution in [2.75, 3.05) is 17.6 Å². The van der Waals surface area contributed by atoms with Crippen LogP contribution in [0, 0.1) is 23.7 Å². The van der Waals surface area contributed by atoms with Crippen LogP contribution in [0.5, 0.6) is 0 Å². The fourth-order valence-electron chi connectivity index (χ4n) is 3.17. The van der Waals surface area contributed by atoms with E-state index >= 15 is 0 Å². The fraction of sp³-hybridized carbons (Fsp3) is 0.444. The SMILES string of the molecule is CCNc1ncc(-c2c(C)c([C@@H]3CC3(C)C)nc(N)c2C#N)cn1. The molecule has 0 amide bonds. The van der Waals surface area contributed by atoms with Crippen LogP contribution >= 0.6 is 0 Å². The molecule has 0 radical (unpaired) electrons. The first-order valence-electron chi connectivity index (χ1n) is 8.15. The molecule has 0 unspecified atom stereocenters. The second-order valence-electron chi connectivity index (χ2n) is 6.94. The maximum absolute atomic E-state index is 9.55. The van der Waals surface area contributed by atoms with Crippen LogP contribution in [-0.2, 0) is 0 Å². The Hall–Kier alpha value is -2.68. The normalized spacial score (nSPS) is 18.0. The van der Waals surface area contributed by atoms with Crippen LogP contribution in [0.25, 0.3) is 11.1 Å². The summed E-state index contributed by atoms with van der Waals surface area (Å²) in [6, 6.07) is 2.19. The van der Waals surface area contributed by atoms with E-state index in [1.165, 1.54) is 0 Å². The molecule has 1 atom stereocenters. The highest BCUT2D eigenvalue weighted by atomic mass is 15.1. The molecule has 0 aliphatic heterocycles. The van der Waals surface area contributed by atoms with E-state index in [9.17, 15) is 5.26 Å². The van der Waals surface area contributed by atoms with E-state index in [0.29, 0.717) is 17.4 Å². The number of hydrogen-bond acceptors (Lipinski definition) is 6. The summed E-state index contributed by atoms with van der Waals surface area (Å²) in [6.07, 6.45) is 4.55. The largest absolute Gasteiger partial charge is 0.383 e. The van der Waals surface area contributed by atoms with Crippen molar-refractivity contribution in [3.8, 4) is 17.2 Å². The number of nitrogens with two attached hydrogens (primary N) is 1. The van der Waals surface area contributed by atoms with E-state index in [0.717, 1.165) is 35.3 Å². The molecule has 6 nitrogen and oxygen atoms in total. The number of aromatic nitrogens is 3. The number of nitriles is 1. The zero-order chi connectivity index (χ0) is 17.5. The van der Waals surface area contributed by atoms with E-state index in [4.69, 9.17) is 5.73 Å². The smallest absolute Gasteiger partial charge is 0.222 e. The van der Waals surface area contributed by atoms with Crippen molar-refractivity contribution in [3.05, 3.63) is 29.2 Å². The lowest BCUT2D eigenvalue weighted by atomic mass is 9.94. The van der Waals surface area contributed by atoms with Crippen molar-refractivity contribution in [1.82, 2.24) is 15.0 Å². The van der Waals surface area contributed by atoms with Crippen molar-refractivity contribution < 1.29 is 0 Å². The molecule has 0 aromatic carbocycles. The van der Waals surface area contributed by atoms with Gasteiger partial charge in [0.2, 0.25) is 5.95 Å². The van der Waals surface area contributed by atoms with Crippen LogP contribution in [0.2, 0.25) is 0 Å². The highest BCUT2D eigenvalue weighted by Gasteiger charge is 2.48. The third-order valence-electron chi connectivity index (χ3n) is 4.74. The maximum Gasteiger partial charge on any atom is 0.222 e. The van der Waals surface area contributed by atoms with Gasteiger partial charge < -0.3 is 11.1 Å². The molecule has 0 bridgehead atoms. The van der Waals surface area contributed by atoms with E-state index in [-0.39, 0.29) is 11.2 Å². The predicted molar refractivity (Wildman–Crippen MR) is 94.4 cm³/mol. The van der Waals surface area contributed by atoms with Gasteiger partial charge in [-0.3, -0.25) is 0 Å². The quantitative estimate of drug-likeness (QED) is 0.896. The van der Waals surface area contributed by atoms with Gasteiger partial charge in [-0.15, -0.1) is 0 Å². The first-order chi connectivity index (χ1) is 11.4. The van der Waals surface area contributed by atoms with E-state index in [1.807, 2.05) is 13.8 Å². The average Bonchev–Trinajstić information content (AvgIpc) is 3.18. The summed E-state index contributed by atoms with van der Waals surface area (Å²) < 4.78 is 0. The summed E-state index contributed by atoms with van der Waals surface area (Å²) in [7, 11) is 0. The second kappa shape index (κ2) is 5.75. The van der Waals surface area contributed by atoms with Gasteiger partial charge in [-0.05, 0) is 31.2 Å². The molecular formula is C18H22N6. The van der Waals surface area contributed by atoms with E-state index < -0.39 is 0 Å². The predicted octanol–water partition coefficient (Wildman–Crippen LogP) is 3.25. The zero-order valence-electron chi connectivity index (χ0n) is 14.5. The lowest BCUT2D eigenvalue weighted by Gasteiger charge is -2.15. The molecule has 0 spiro atoms. The fourth-order valence-corrected chi connectivity index (χ4v) is 3.17. The third kappa shape index (κ3) is 2.67. The van der Waals surface area contributed by atoms with Crippen LogP contribution in [0.15, 0.2) is 12.4 Å². The molecule has 1 aliphatic rings. The number of anilines is 2. The van der Waals surface area contributed by atoms with Gasteiger partial charge in [-0.2, -0.15) is 5.26 Å². The van der Waals surface area contributed by atoms with Crippen molar-refractivity contribution in [3.63, 3.8) is 0 Å². The van der Waals surface area contributed by atoms with Gasteiger partial charge in [0.05, 0.1) is 5.69 Å². The first kappa shape index (κ1) is 16.2. The minimum absolute atomic E-state index is 0.237. The second-order valence-corrected chi connectivity index (χ2v) is 6.94. The zero-order valence-corrected chi connectivity index (χ0v) is 14.5. The Balaban J connectivity index is 2.13. The molecule has 2 heterocycles. The summed E-state index contributed by atoms with van der Waals surface area (Å²) in [6.45, 7) is 9.19. The molecule has 24 heavy (non-hydrogen) atoms. The Morgan fingerprint density at radius 2 is 2.00 bits per heavy atom. The molecule has 2 aromatic rings. The Bertz CT molecular complexity index is 817. The van der Waals surface area contributed by atoms with Crippen LogP contribution in [0.1, 0.15) is 49.9 Å². The molecule has 2 aromatic heterocycles. The van der Waals surface area contributed by atoms with Gasteiger partial charge in [0, 0.05) is 36.0 Å². The molecule has 124 valence electrons. The number of pyridine rings is 1. The lowest BCUT2D eigenvalue weighted by molar-refractivity contribution is 0.615. The molecule has 6 heteroatoms. The van der Waals surface area contributed by atoms with Gasteiger partial charge in [-0.1, -0.05) is 13.8 Å². The number of hydrogen-bond donors (Lipinski definition) is 2. The third-order valence-corrected chi connectivity index (χ3v) is 4.74. The summed E-state index contributed by atoms with van der Waals surface area (Å²) in [4.78, 5) is 13.2. The molecule has 3 rings (SSSR count). The highest BCUT2D eigenvalue weighted by molar-refractivity contribution is 5.78. The number of nitrogens with one attached hydrogen (secondary N) is 1. The monoisotopic (exact) mass is 322 g/mol. The van der Waals surface area contributed by atoms with Crippen molar-refractivity contribution in [2.24, 2.45) is 5.41 Å². The minimum atomic E-state index is 0.237. The Morgan fingerprint density at radius 1 is 1.38 bits per heavy atom. The van der Waals surface area contributed by atoms with E-state index in [1.54, 1.807) is 12.4 Å². The van der Waals surface area contributed by atoms with Crippen molar-refractivity contribution in [2.45, 2.75) is 40.0 Å². The van der Waals surface area contributed by atoms with Gasteiger partial charge in [0.25, 0.3) is 0 Å². The van der Waals surface area contributed by atoms with Gasteiger partial charge in [-0.25, -0.2) is 15.0 Å². The number of nitrogens with zero attached hydrogens (tertiary/aromatic N) is 4. The van der Waals surface area contributed by atoms with Crippen molar-refractivity contribution >= 4 is 11.8 Å². The topological polar surface area (TPSA) is 101 Å².